The number of carbonyl (C=O) groups excluding carboxylic acids is 1. The molecule has 2 heterocycles. The summed E-state index contributed by atoms with van der Waals surface area (Å²) in [6.45, 7) is 0.376. The van der Waals surface area contributed by atoms with E-state index in [9.17, 15) is 9.59 Å². The zero-order valence-corrected chi connectivity index (χ0v) is 9.83. The largest absolute Gasteiger partial charge is 0.480 e. The van der Waals surface area contributed by atoms with Crippen LogP contribution in [0.1, 0.15) is 19.3 Å². The zero-order valence-electron chi connectivity index (χ0n) is 9.83. The summed E-state index contributed by atoms with van der Waals surface area (Å²) in [7, 11) is 0. The highest BCUT2D eigenvalue weighted by Crippen LogP contribution is 2.14. The van der Waals surface area contributed by atoms with E-state index < -0.39 is 12.1 Å². The van der Waals surface area contributed by atoms with Crippen LogP contribution < -0.4 is 5.32 Å². The van der Waals surface area contributed by atoms with Crippen molar-refractivity contribution in [2.45, 2.75) is 31.9 Å². The topological polar surface area (TPSA) is 93.5 Å². The van der Waals surface area contributed by atoms with Gasteiger partial charge in [-0.25, -0.2) is 0 Å². The van der Waals surface area contributed by atoms with Crippen LogP contribution in [0.15, 0.2) is 12.3 Å². The van der Waals surface area contributed by atoms with Crippen molar-refractivity contribution in [3.63, 3.8) is 0 Å². The molecule has 2 N–H and O–H groups in total. The fraction of sp³-hybridized carbons (Fsp3) is 0.545. The molecule has 18 heavy (non-hydrogen) atoms. The molecule has 98 valence electrons. The van der Waals surface area contributed by atoms with Crippen LogP contribution in [0, 0.1) is 0 Å². The molecule has 1 aromatic rings. The minimum Gasteiger partial charge on any atom is -0.480 e. The fourth-order valence-electron chi connectivity index (χ4n) is 1.81. The van der Waals surface area contributed by atoms with Crippen LogP contribution in [0.4, 0.5) is 5.82 Å². The second-order valence-electron chi connectivity index (χ2n) is 4.14. The summed E-state index contributed by atoms with van der Waals surface area (Å²) < 4.78 is 6.59. The van der Waals surface area contributed by atoms with Crippen molar-refractivity contribution in [3.05, 3.63) is 12.3 Å². The number of hydrogen-bond donors (Lipinski definition) is 2. The molecule has 1 aliphatic rings. The Hall–Kier alpha value is -1.89. The van der Waals surface area contributed by atoms with Gasteiger partial charge >= 0.3 is 5.97 Å². The molecule has 1 fully saturated rings. The molecule has 7 heteroatoms. The lowest BCUT2D eigenvalue weighted by Gasteiger charge is -2.20. The smallest absolute Gasteiger partial charge is 0.325 e. The van der Waals surface area contributed by atoms with Crippen LogP contribution in [-0.4, -0.2) is 39.5 Å². The zero-order chi connectivity index (χ0) is 13.0. The molecule has 0 spiro atoms. The summed E-state index contributed by atoms with van der Waals surface area (Å²) in [5.41, 5.74) is 0. The van der Waals surface area contributed by atoms with Gasteiger partial charge in [-0.15, -0.1) is 0 Å². The highest BCUT2D eigenvalue weighted by molar-refractivity contribution is 5.93. The number of hydrogen-bond acceptors (Lipinski definition) is 4. The lowest BCUT2D eigenvalue weighted by atomic mass is 10.1. The fourth-order valence-corrected chi connectivity index (χ4v) is 1.81. The third kappa shape index (κ3) is 3.30. The lowest BCUT2D eigenvalue weighted by molar-refractivity contribution is -0.137. The van der Waals surface area contributed by atoms with E-state index in [2.05, 4.69) is 10.4 Å². The molecule has 0 radical (unpaired) electrons. The van der Waals surface area contributed by atoms with Gasteiger partial charge in [0.2, 0.25) is 0 Å². The molecule has 1 aliphatic heterocycles. The molecule has 7 nitrogen and oxygen atoms in total. The number of carbonyl (C=O) groups is 2. The van der Waals surface area contributed by atoms with E-state index in [1.54, 1.807) is 6.07 Å². The molecule has 1 saturated heterocycles. The Bertz CT molecular complexity index is 437. The normalized spacial score (nSPS) is 19.4. The molecular formula is C11H15N3O4. The maximum absolute atomic E-state index is 11.8. The molecule has 0 bridgehead atoms. The van der Waals surface area contributed by atoms with Crippen molar-refractivity contribution >= 4 is 17.7 Å². The number of amides is 1. The monoisotopic (exact) mass is 253 g/mol. The van der Waals surface area contributed by atoms with Crippen LogP contribution >= 0.6 is 0 Å². The SMILES string of the molecule is O=C(O)Cn1ccc(NC(=O)C2CCCCO2)n1. The highest BCUT2D eigenvalue weighted by Gasteiger charge is 2.22. The number of aliphatic carboxylic acids is 1. The van der Waals surface area contributed by atoms with E-state index in [1.807, 2.05) is 0 Å². The number of carboxylic acid groups (broad SMARTS) is 1. The summed E-state index contributed by atoms with van der Waals surface area (Å²) in [4.78, 5) is 22.3. The van der Waals surface area contributed by atoms with Gasteiger partial charge in [0.15, 0.2) is 5.82 Å². The average Bonchev–Trinajstić information content (AvgIpc) is 2.76. The van der Waals surface area contributed by atoms with E-state index in [0.717, 1.165) is 12.8 Å². The second kappa shape index (κ2) is 5.63. The number of aromatic nitrogens is 2. The van der Waals surface area contributed by atoms with Crippen molar-refractivity contribution in [1.82, 2.24) is 9.78 Å². The lowest BCUT2D eigenvalue weighted by Crippen LogP contribution is -2.33. The van der Waals surface area contributed by atoms with Crippen molar-refractivity contribution in [1.29, 1.82) is 0 Å². The minimum absolute atomic E-state index is 0.226. The Kier molecular flexibility index (Phi) is 3.93. The first-order chi connectivity index (χ1) is 8.65. The van der Waals surface area contributed by atoms with Gasteiger partial charge in [0.05, 0.1) is 0 Å². The third-order valence-electron chi connectivity index (χ3n) is 2.66. The molecule has 0 aliphatic carbocycles. The number of nitrogens with zero attached hydrogens (tertiary/aromatic N) is 2. The van der Waals surface area contributed by atoms with Gasteiger partial charge in [-0.3, -0.25) is 14.3 Å². The molecule has 1 amide bonds. The summed E-state index contributed by atoms with van der Waals surface area (Å²) in [6.07, 6.45) is 3.75. The Morgan fingerprint density at radius 3 is 3.06 bits per heavy atom. The Morgan fingerprint density at radius 2 is 2.39 bits per heavy atom. The van der Waals surface area contributed by atoms with E-state index in [4.69, 9.17) is 9.84 Å². The number of rotatable bonds is 4. The van der Waals surface area contributed by atoms with Gasteiger partial charge in [-0.1, -0.05) is 0 Å². The molecular weight excluding hydrogens is 238 g/mol. The Labute approximate surface area is 104 Å². The van der Waals surface area contributed by atoms with Crippen LogP contribution in [0.5, 0.6) is 0 Å². The van der Waals surface area contributed by atoms with E-state index in [-0.39, 0.29) is 12.5 Å². The molecule has 1 aromatic heterocycles. The van der Waals surface area contributed by atoms with E-state index in [0.29, 0.717) is 18.8 Å². The van der Waals surface area contributed by atoms with Gasteiger partial charge in [0.25, 0.3) is 5.91 Å². The Balaban J connectivity index is 1.90. The number of nitrogens with one attached hydrogen (secondary N) is 1. The summed E-state index contributed by atoms with van der Waals surface area (Å²) in [6, 6.07) is 1.56. The van der Waals surface area contributed by atoms with Gasteiger partial charge in [-0.2, -0.15) is 5.10 Å². The molecule has 0 saturated carbocycles. The summed E-state index contributed by atoms with van der Waals surface area (Å²) in [5.74, 6) is -0.864. The first-order valence-electron chi connectivity index (χ1n) is 5.83. The summed E-state index contributed by atoms with van der Waals surface area (Å²) >= 11 is 0. The van der Waals surface area contributed by atoms with Crippen molar-refractivity contribution < 1.29 is 19.4 Å². The van der Waals surface area contributed by atoms with E-state index in [1.165, 1.54) is 10.9 Å². The number of ether oxygens (including phenoxy) is 1. The van der Waals surface area contributed by atoms with E-state index >= 15 is 0 Å². The van der Waals surface area contributed by atoms with Crippen molar-refractivity contribution in [2.75, 3.05) is 11.9 Å². The third-order valence-corrected chi connectivity index (χ3v) is 2.66. The van der Waals surface area contributed by atoms with Gasteiger partial charge < -0.3 is 15.2 Å². The molecule has 2 rings (SSSR count). The van der Waals surface area contributed by atoms with Crippen LogP contribution in [0.2, 0.25) is 0 Å². The predicted octanol–water partition coefficient (Wildman–Crippen LogP) is 0.475. The number of anilines is 1. The maximum atomic E-state index is 11.8. The van der Waals surface area contributed by atoms with Gasteiger partial charge in [0.1, 0.15) is 12.6 Å². The molecule has 1 atom stereocenters. The first-order valence-corrected chi connectivity index (χ1v) is 5.83. The van der Waals surface area contributed by atoms with Gasteiger partial charge in [0, 0.05) is 18.9 Å². The standard InChI is InChI=1S/C11H15N3O4/c15-10(16)7-14-5-4-9(13-14)12-11(17)8-3-1-2-6-18-8/h4-5,8H,1-3,6-7H2,(H,15,16)(H,12,13,17). The van der Waals surface area contributed by atoms with Gasteiger partial charge in [-0.05, 0) is 19.3 Å². The maximum Gasteiger partial charge on any atom is 0.325 e. The van der Waals surface area contributed by atoms with Crippen LogP contribution in [-0.2, 0) is 20.9 Å². The Morgan fingerprint density at radius 1 is 1.56 bits per heavy atom. The van der Waals surface area contributed by atoms with Crippen LogP contribution in [0.25, 0.3) is 0 Å². The van der Waals surface area contributed by atoms with Crippen LogP contribution in [0.3, 0.4) is 0 Å². The summed E-state index contributed by atoms with van der Waals surface area (Å²) in [5, 5.41) is 15.1. The van der Waals surface area contributed by atoms with Crippen molar-refractivity contribution in [2.24, 2.45) is 0 Å². The quantitative estimate of drug-likeness (QED) is 0.813. The van der Waals surface area contributed by atoms with Crippen molar-refractivity contribution in [3.8, 4) is 0 Å². The average molecular weight is 253 g/mol. The molecule has 1 unspecified atom stereocenters. The first kappa shape index (κ1) is 12.6. The molecule has 0 aromatic carbocycles. The number of carboxylic acids is 1. The predicted molar refractivity (Wildman–Crippen MR) is 62.1 cm³/mol. The second-order valence-corrected chi connectivity index (χ2v) is 4.14. The minimum atomic E-state index is -0.980. The highest BCUT2D eigenvalue weighted by atomic mass is 16.5.